The molecule has 3 rings (SSSR count). The van der Waals surface area contributed by atoms with E-state index in [-0.39, 0.29) is 5.78 Å². The van der Waals surface area contributed by atoms with Crippen LogP contribution in [0.3, 0.4) is 0 Å². The molecule has 0 bridgehead atoms. The summed E-state index contributed by atoms with van der Waals surface area (Å²) < 4.78 is 0. The summed E-state index contributed by atoms with van der Waals surface area (Å²) in [7, 11) is 0. The second kappa shape index (κ2) is 6.28. The second-order valence-electron chi connectivity index (χ2n) is 4.76. The molecule has 0 amide bonds. The lowest BCUT2D eigenvalue weighted by Gasteiger charge is -1.97. The topological polar surface area (TPSA) is 42.9 Å². The number of hydrogen-bond donors (Lipinski definition) is 0. The van der Waals surface area contributed by atoms with Gasteiger partial charge in [0, 0.05) is 22.0 Å². The molecule has 0 saturated carbocycles. The molecular formula is C16H14N2OS2. The summed E-state index contributed by atoms with van der Waals surface area (Å²) in [6, 6.07) is 9.35. The zero-order valence-corrected chi connectivity index (χ0v) is 13.2. The number of hydrogen-bond acceptors (Lipinski definition) is 5. The van der Waals surface area contributed by atoms with Gasteiger partial charge in [0.15, 0.2) is 5.78 Å². The van der Waals surface area contributed by atoms with Gasteiger partial charge in [0.1, 0.15) is 0 Å². The van der Waals surface area contributed by atoms with Crippen molar-refractivity contribution >= 4 is 28.5 Å². The molecule has 0 aliphatic heterocycles. The highest BCUT2D eigenvalue weighted by atomic mass is 32.1. The third-order valence-electron chi connectivity index (χ3n) is 3.01. The van der Waals surface area contributed by atoms with Crippen LogP contribution in [0.1, 0.15) is 31.8 Å². The molecule has 0 spiro atoms. The van der Waals surface area contributed by atoms with Gasteiger partial charge in [0.25, 0.3) is 0 Å². The lowest BCUT2D eigenvalue weighted by atomic mass is 10.1. The van der Waals surface area contributed by atoms with Crippen molar-refractivity contribution in [2.45, 2.75) is 19.8 Å². The molecule has 0 saturated heterocycles. The Labute approximate surface area is 131 Å². The van der Waals surface area contributed by atoms with Crippen LogP contribution in [0.5, 0.6) is 0 Å². The maximum Gasteiger partial charge on any atom is 0.168 e. The van der Waals surface area contributed by atoms with Crippen molar-refractivity contribution in [1.29, 1.82) is 0 Å². The molecule has 0 aliphatic rings. The van der Waals surface area contributed by atoms with Gasteiger partial charge in [0.2, 0.25) is 0 Å². The number of carbonyl (C=O) groups excluding carboxylic acids is 1. The van der Waals surface area contributed by atoms with Crippen molar-refractivity contribution < 1.29 is 4.79 Å². The first-order valence-corrected chi connectivity index (χ1v) is 8.39. The van der Waals surface area contributed by atoms with E-state index >= 15 is 0 Å². The van der Waals surface area contributed by atoms with Crippen molar-refractivity contribution in [1.82, 2.24) is 9.97 Å². The Bertz CT molecular complexity index is 746. The van der Waals surface area contributed by atoms with Crippen molar-refractivity contribution in [2.24, 2.45) is 0 Å². The van der Waals surface area contributed by atoms with Gasteiger partial charge in [0.05, 0.1) is 28.6 Å². The predicted octanol–water partition coefficient (Wildman–Crippen LogP) is 3.92. The van der Waals surface area contributed by atoms with Crippen LogP contribution >= 0.6 is 22.7 Å². The Morgan fingerprint density at radius 2 is 1.76 bits per heavy atom. The van der Waals surface area contributed by atoms with Gasteiger partial charge < -0.3 is 0 Å². The van der Waals surface area contributed by atoms with E-state index in [4.69, 9.17) is 0 Å². The summed E-state index contributed by atoms with van der Waals surface area (Å²) in [5.41, 5.74) is 2.63. The third kappa shape index (κ3) is 3.62. The predicted molar refractivity (Wildman–Crippen MR) is 86.2 cm³/mol. The maximum atomic E-state index is 12.1. The SMILES string of the molecule is Cc1csc(Cc2nc(CC(=O)c3ccccc3)cs2)n1. The number of nitrogens with zero attached hydrogens (tertiary/aromatic N) is 2. The van der Waals surface area contributed by atoms with E-state index in [1.807, 2.05) is 48.0 Å². The molecule has 1 aromatic carbocycles. The fourth-order valence-corrected chi connectivity index (χ4v) is 3.68. The quantitative estimate of drug-likeness (QED) is 0.670. The molecule has 5 heteroatoms. The number of thiazole rings is 2. The van der Waals surface area contributed by atoms with Gasteiger partial charge in [-0.25, -0.2) is 9.97 Å². The number of aryl methyl sites for hydroxylation is 1. The van der Waals surface area contributed by atoms with E-state index < -0.39 is 0 Å². The summed E-state index contributed by atoms with van der Waals surface area (Å²) in [5, 5.41) is 6.10. The van der Waals surface area contributed by atoms with E-state index in [1.54, 1.807) is 22.7 Å². The molecule has 21 heavy (non-hydrogen) atoms. The van der Waals surface area contributed by atoms with Gasteiger partial charge in [-0.2, -0.15) is 0 Å². The largest absolute Gasteiger partial charge is 0.294 e. The highest BCUT2D eigenvalue weighted by molar-refractivity contribution is 7.11. The van der Waals surface area contributed by atoms with Gasteiger partial charge >= 0.3 is 0 Å². The molecule has 106 valence electrons. The molecule has 0 radical (unpaired) electrons. The molecule has 0 fully saturated rings. The highest BCUT2D eigenvalue weighted by Gasteiger charge is 2.11. The molecule has 0 aliphatic carbocycles. The lowest BCUT2D eigenvalue weighted by Crippen LogP contribution is -2.03. The highest BCUT2D eigenvalue weighted by Crippen LogP contribution is 2.18. The van der Waals surface area contributed by atoms with Crippen molar-refractivity contribution in [3.63, 3.8) is 0 Å². The average Bonchev–Trinajstić information content (AvgIpc) is 3.09. The monoisotopic (exact) mass is 314 g/mol. The number of carbonyl (C=O) groups is 1. The Morgan fingerprint density at radius 1 is 1.05 bits per heavy atom. The molecule has 2 heterocycles. The van der Waals surface area contributed by atoms with Crippen LogP contribution in [0.25, 0.3) is 0 Å². The minimum absolute atomic E-state index is 0.109. The van der Waals surface area contributed by atoms with E-state index in [0.29, 0.717) is 6.42 Å². The Balaban J connectivity index is 1.66. The van der Waals surface area contributed by atoms with Crippen LogP contribution in [0.2, 0.25) is 0 Å². The Morgan fingerprint density at radius 3 is 2.48 bits per heavy atom. The maximum absolute atomic E-state index is 12.1. The summed E-state index contributed by atoms with van der Waals surface area (Å²) >= 11 is 3.25. The Kier molecular flexibility index (Phi) is 4.22. The smallest absolute Gasteiger partial charge is 0.168 e. The number of rotatable bonds is 5. The van der Waals surface area contributed by atoms with Gasteiger partial charge in [-0.05, 0) is 6.92 Å². The second-order valence-corrected chi connectivity index (χ2v) is 6.64. The van der Waals surface area contributed by atoms with Crippen molar-refractivity contribution in [3.05, 3.63) is 68.1 Å². The van der Waals surface area contributed by atoms with Crippen LogP contribution in [-0.4, -0.2) is 15.8 Å². The van der Waals surface area contributed by atoms with E-state index in [0.717, 1.165) is 33.4 Å². The summed E-state index contributed by atoms with van der Waals surface area (Å²) in [6.45, 7) is 1.99. The number of benzene rings is 1. The summed E-state index contributed by atoms with van der Waals surface area (Å²) in [4.78, 5) is 21.1. The van der Waals surface area contributed by atoms with Crippen LogP contribution in [0, 0.1) is 6.92 Å². The first-order chi connectivity index (χ1) is 10.2. The fraction of sp³-hybridized carbons (Fsp3) is 0.188. The molecule has 3 nitrogen and oxygen atoms in total. The molecule has 2 aromatic heterocycles. The van der Waals surface area contributed by atoms with E-state index in [1.165, 1.54) is 0 Å². The van der Waals surface area contributed by atoms with Crippen LogP contribution < -0.4 is 0 Å². The average molecular weight is 314 g/mol. The van der Waals surface area contributed by atoms with Gasteiger partial charge in [-0.15, -0.1) is 22.7 Å². The van der Waals surface area contributed by atoms with Crippen LogP contribution in [0.15, 0.2) is 41.1 Å². The molecular weight excluding hydrogens is 300 g/mol. The van der Waals surface area contributed by atoms with Crippen molar-refractivity contribution in [2.75, 3.05) is 0 Å². The summed E-state index contributed by atoms with van der Waals surface area (Å²) in [6.07, 6.45) is 1.11. The first-order valence-electron chi connectivity index (χ1n) is 6.63. The van der Waals surface area contributed by atoms with Crippen molar-refractivity contribution in [3.8, 4) is 0 Å². The summed E-state index contributed by atoms with van der Waals surface area (Å²) in [5.74, 6) is 0.109. The Hall–Kier alpha value is -1.85. The zero-order chi connectivity index (χ0) is 14.7. The number of Topliss-reactive ketones (excluding diaryl/α,β-unsaturated/α-hetero) is 1. The van der Waals surface area contributed by atoms with E-state index in [9.17, 15) is 4.79 Å². The third-order valence-corrected chi connectivity index (χ3v) is 4.87. The molecule has 0 N–H and O–H groups in total. The van der Waals surface area contributed by atoms with Gasteiger partial charge in [-0.3, -0.25) is 4.79 Å². The number of ketones is 1. The van der Waals surface area contributed by atoms with E-state index in [2.05, 4.69) is 9.97 Å². The normalized spacial score (nSPS) is 10.7. The molecule has 0 unspecified atom stereocenters. The molecule has 0 atom stereocenters. The first kappa shape index (κ1) is 14.1. The fourth-order valence-electron chi connectivity index (χ4n) is 2.02. The minimum Gasteiger partial charge on any atom is -0.294 e. The van der Waals surface area contributed by atoms with Gasteiger partial charge in [-0.1, -0.05) is 30.3 Å². The minimum atomic E-state index is 0.109. The van der Waals surface area contributed by atoms with Crippen LogP contribution in [-0.2, 0) is 12.8 Å². The zero-order valence-electron chi connectivity index (χ0n) is 11.6. The van der Waals surface area contributed by atoms with Crippen LogP contribution in [0.4, 0.5) is 0 Å². The lowest BCUT2D eigenvalue weighted by molar-refractivity contribution is 0.0992. The standard InChI is InChI=1S/C16H14N2OS2/c1-11-9-20-15(17-11)8-16-18-13(10-21-16)7-14(19)12-5-3-2-4-6-12/h2-6,9-10H,7-8H2,1H3. The number of aromatic nitrogens is 2. The molecule has 3 aromatic rings.